The van der Waals surface area contributed by atoms with E-state index in [0.717, 1.165) is 12.8 Å². The molecule has 8 nitrogen and oxygen atoms in total. The lowest BCUT2D eigenvalue weighted by Gasteiger charge is -2.32. The van der Waals surface area contributed by atoms with E-state index in [4.69, 9.17) is 14.6 Å². The Hall–Kier alpha value is -2.09. The number of carboxylic acid groups (broad SMARTS) is 1. The Morgan fingerprint density at radius 1 is 1.52 bits per heavy atom. The minimum absolute atomic E-state index is 0.0175. The van der Waals surface area contributed by atoms with E-state index < -0.39 is 5.97 Å². The van der Waals surface area contributed by atoms with Crippen LogP contribution >= 0.6 is 0 Å². The van der Waals surface area contributed by atoms with Crippen LogP contribution in [0.3, 0.4) is 0 Å². The Labute approximate surface area is 121 Å². The molecule has 1 fully saturated rings. The van der Waals surface area contributed by atoms with Crippen LogP contribution in [0.4, 0.5) is 5.82 Å². The molecule has 0 aliphatic carbocycles. The normalized spacial score (nSPS) is 16.0. The van der Waals surface area contributed by atoms with E-state index in [-0.39, 0.29) is 30.4 Å². The minimum atomic E-state index is -0.857. The Morgan fingerprint density at radius 3 is 2.86 bits per heavy atom. The van der Waals surface area contributed by atoms with Gasteiger partial charge in [0.2, 0.25) is 5.75 Å². The molecule has 1 aromatic heterocycles. The maximum absolute atomic E-state index is 11.7. The SMILES string of the molecule is COc1c(N2CCC(OCCC(=O)O)CC2)nc[nH]c1=O. The first-order valence-corrected chi connectivity index (χ1v) is 6.82. The first-order chi connectivity index (χ1) is 10.1. The van der Waals surface area contributed by atoms with Gasteiger partial charge in [0, 0.05) is 13.1 Å². The second-order valence-corrected chi connectivity index (χ2v) is 4.79. The molecular weight excluding hydrogens is 278 g/mol. The highest BCUT2D eigenvalue weighted by atomic mass is 16.5. The number of hydrogen-bond acceptors (Lipinski definition) is 6. The van der Waals surface area contributed by atoms with Gasteiger partial charge in [-0.25, -0.2) is 4.98 Å². The van der Waals surface area contributed by atoms with Crippen molar-refractivity contribution in [1.82, 2.24) is 9.97 Å². The second kappa shape index (κ2) is 7.07. The van der Waals surface area contributed by atoms with Gasteiger partial charge in [-0.2, -0.15) is 0 Å². The molecule has 1 aliphatic rings. The van der Waals surface area contributed by atoms with Crippen LogP contribution in [0.1, 0.15) is 19.3 Å². The molecule has 1 saturated heterocycles. The zero-order chi connectivity index (χ0) is 15.2. The first kappa shape index (κ1) is 15.3. The summed E-state index contributed by atoms with van der Waals surface area (Å²) in [5, 5.41) is 8.57. The molecule has 0 unspecified atom stereocenters. The summed E-state index contributed by atoms with van der Waals surface area (Å²) in [6, 6.07) is 0. The zero-order valence-electron chi connectivity index (χ0n) is 11.9. The summed E-state index contributed by atoms with van der Waals surface area (Å²) >= 11 is 0. The number of nitrogens with zero attached hydrogens (tertiary/aromatic N) is 2. The van der Waals surface area contributed by atoms with Gasteiger partial charge in [-0.3, -0.25) is 9.59 Å². The van der Waals surface area contributed by atoms with Crippen LogP contribution in [0.15, 0.2) is 11.1 Å². The average molecular weight is 297 g/mol. The number of H-pyrrole nitrogens is 1. The van der Waals surface area contributed by atoms with E-state index in [1.807, 2.05) is 4.90 Å². The predicted molar refractivity (Wildman–Crippen MR) is 74.8 cm³/mol. The largest absolute Gasteiger partial charge is 0.489 e. The molecule has 0 amide bonds. The monoisotopic (exact) mass is 297 g/mol. The van der Waals surface area contributed by atoms with Crippen LogP contribution in [0, 0.1) is 0 Å². The van der Waals surface area contributed by atoms with Crippen LogP contribution in [0.5, 0.6) is 5.75 Å². The summed E-state index contributed by atoms with van der Waals surface area (Å²) in [6.07, 6.45) is 2.95. The van der Waals surface area contributed by atoms with Gasteiger partial charge < -0.3 is 24.5 Å². The fourth-order valence-corrected chi connectivity index (χ4v) is 2.33. The van der Waals surface area contributed by atoms with Crippen molar-refractivity contribution >= 4 is 11.8 Å². The number of carboxylic acids is 1. The number of carbonyl (C=O) groups is 1. The molecule has 1 aliphatic heterocycles. The van der Waals surface area contributed by atoms with Crippen molar-refractivity contribution in [3.63, 3.8) is 0 Å². The van der Waals surface area contributed by atoms with Gasteiger partial charge in [0.15, 0.2) is 5.82 Å². The first-order valence-electron chi connectivity index (χ1n) is 6.82. The molecule has 0 atom stereocenters. The summed E-state index contributed by atoms with van der Waals surface area (Å²) in [5.74, 6) is -0.113. The van der Waals surface area contributed by atoms with Gasteiger partial charge in [0.25, 0.3) is 5.56 Å². The molecule has 0 aromatic carbocycles. The van der Waals surface area contributed by atoms with E-state index in [0.29, 0.717) is 18.9 Å². The van der Waals surface area contributed by atoms with Gasteiger partial charge in [-0.1, -0.05) is 0 Å². The number of hydrogen-bond donors (Lipinski definition) is 2. The molecule has 2 N–H and O–H groups in total. The second-order valence-electron chi connectivity index (χ2n) is 4.79. The maximum atomic E-state index is 11.7. The molecule has 0 radical (unpaired) electrons. The molecule has 21 heavy (non-hydrogen) atoms. The Kier molecular flexibility index (Phi) is 5.15. The fraction of sp³-hybridized carbons (Fsp3) is 0.615. The Morgan fingerprint density at radius 2 is 2.24 bits per heavy atom. The number of aromatic nitrogens is 2. The average Bonchev–Trinajstić information content (AvgIpc) is 2.47. The highest BCUT2D eigenvalue weighted by Crippen LogP contribution is 2.25. The van der Waals surface area contributed by atoms with E-state index in [1.165, 1.54) is 13.4 Å². The third kappa shape index (κ3) is 3.94. The molecule has 0 spiro atoms. The standard InChI is InChI=1S/C13H19N3O5/c1-20-11-12(14-8-15-13(11)19)16-5-2-9(3-6-16)21-7-4-10(17)18/h8-9H,2-7H2,1H3,(H,17,18)(H,14,15,19). The van der Waals surface area contributed by atoms with Crippen molar-refractivity contribution in [2.24, 2.45) is 0 Å². The van der Waals surface area contributed by atoms with Crippen molar-refractivity contribution < 1.29 is 19.4 Å². The van der Waals surface area contributed by atoms with Crippen LogP contribution in [0.25, 0.3) is 0 Å². The smallest absolute Gasteiger partial charge is 0.305 e. The zero-order valence-corrected chi connectivity index (χ0v) is 11.9. The number of piperidine rings is 1. The van der Waals surface area contributed by atoms with Crippen molar-refractivity contribution in [3.05, 3.63) is 16.7 Å². The third-order valence-corrected chi connectivity index (χ3v) is 3.41. The minimum Gasteiger partial charge on any atom is -0.489 e. The highest BCUT2D eigenvalue weighted by molar-refractivity contribution is 5.66. The fourth-order valence-electron chi connectivity index (χ4n) is 2.33. The van der Waals surface area contributed by atoms with Crippen molar-refractivity contribution in [2.45, 2.75) is 25.4 Å². The number of anilines is 1. The third-order valence-electron chi connectivity index (χ3n) is 3.41. The van der Waals surface area contributed by atoms with E-state index in [1.54, 1.807) is 0 Å². The summed E-state index contributed by atoms with van der Waals surface area (Å²) in [7, 11) is 1.44. The van der Waals surface area contributed by atoms with Gasteiger partial charge in [0.05, 0.1) is 32.6 Å². The number of aromatic amines is 1. The number of aliphatic carboxylic acids is 1. The Balaban J connectivity index is 1.91. The van der Waals surface area contributed by atoms with Crippen LogP contribution in [-0.2, 0) is 9.53 Å². The van der Waals surface area contributed by atoms with E-state index in [9.17, 15) is 9.59 Å². The van der Waals surface area contributed by atoms with Crippen molar-refractivity contribution in [3.8, 4) is 5.75 Å². The lowest BCUT2D eigenvalue weighted by molar-refractivity contribution is -0.138. The van der Waals surface area contributed by atoms with Crippen LogP contribution in [-0.4, -0.2) is 54.0 Å². The van der Waals surface area contributed by atoms with E-state index >= 15 is 0 Å². The quantitative estimate of drug-likeness (QED) is 0.774. The Bertz CT molecular complexity index is 537. The van der Waals surface area contributed by atoms with E-state index in [2.05, 4.69) is 9.97 Å². The number of rotatable bonds is 6. The lowest BCUT2D eigenvalue weighted by atomic mass is 10.1. The molecular formula is C13H19N3O5. The summed E-state index contributed by atoms with van der Waals surface area (Å²) in [5.41, 5.74) is -0.303. The van der Waals surface area contributed by atoms with Gasteiger partial charge >= 0.3 is 5.97 Å². The van der Waals surface area contributed by atoms with Crippen molar-refractivity contribution in [2.75, 3.05) is 31.7 Å². The maximum Gasteiger partial charge on any atom is 0.305 e. The van der Waals surface area contributed by atoms with Gasteiger partial charge in [-0.05, 0) is 12.8 Å². The highest BCUT2D eigenvalue weighted by Gasteiger charge is 2.24. The number of methoxy groups -OCH3 is 1. The number of nitrogens with one attached hydrogen (secondary N) is 1. The molecule has 2 heterocycles. The van der Waals surface area contributed by atoms with Gasteiger partial charge in [-0.15, -0.1) is 0 Å². The lowest BCUT2D eigenvalue weighted by Crippen LogP contribution is -2.38. The molecule has 8 heteroatoms. The molecule has 116 valence electrons. The molecule has 0 bridgehead atoms. The topological polar surface area (TPSA) is 105 Å². The predicted octanol–water partition coefficient (Wildman–Crippen LogP) is 0.239. The van der Waals surface area contributed by atoms with Crippen molar-refractivity contribution in [1.29, 1.82) is 0 Å². The van der Waals surface area contributed by atoms with Crippen LogP contribution in [0.2, 0.25) is 0 Å². The summed E-state index contributed by atoms with van der Waals surface area (Å²) in [6.45, 7) is 1.60. The molecule has 1 aromatic rings. The van der Waals surface area contributed by atoms with Gasteiger partial charge in [0.1, 0.15) is 0 Å². The number of ether oxygens (including phenoxy) is 2. The molecule has 2 rings (SSSR count). The molecule has 0 saturated carbocycles. The summed E-state index contributed by atoms with van der Waals surface area (Å²) < 4.78 is 10.6. The summed E-state index contributed by atoms with van der Waals surface area (Å²) in [4.78, 5) is 30.7. The van der Waals surface area contributed by atoms with Crippen LogP contribution < -0.4 is 15.2 Å².